The van der Waals surface area contributed by atoms with E-state index in [1.807, 2.05) is 31.4 Å². The van der Waals surface area contributed by atoms with Crippen molar-refractivity contribution in [2.45, 2.75) is 23.0 Å². The van der Waals surface area contributed by atoms with Crippen molar-refractivity contribution in [2.24, 2.45) is 0 Å². The van der Waals surface area contributed by atoms with Crippen LogP contribution in [-0.2, 0) is 0 Å². The minimum atomic E-state index is 0.267. The minimum Gasteiger partial charge on any atom is -0.313 e. The summed E-state index contributed by atoms with van der Waals surface area (Å²) in [6, 6.07) is 8.21. The van der Waals surface area contributed by atoms with Crippen molar-refractivity contribution in [1.82, 2.24) is 15.3 Å². The van der Waals surface area contributed by atoms with Crippen molar-refractivity contribution < 1.29 is 0 Å². The van der Waals surface area contributed by atoms with E-state index in [0.29, 0.717) is 0 Å². The predicted molar refractivity (Wildman–Crippen MR) is 77.8 cm³/mol. The first-order valence-corrected chi connectivity index (χ1v) is 7.24. The zero-order chi connectivity index (χ0) is 13.0. The Kier molecular flexibility index (Phi) is 4.74. The molecule has 1 atom stereocenters. The number of halogens is 1. The highest BCUT2D eigenvalue weighted by Crippen LogP contribution is 2.33. The lowest BCUT2D eigenvalue weighted by molar-refractivity contribution is 0.634. The Morgan fingerprint density at radius 3 is 2.50 bits per heavy atom. The topological polar surface area (TPSA) is 37.8 Å². The highest BCUT2D eigenvalue weighted by atomic mass is 79.9. The van der Waals surface area contributed by atoms with E-state index in [0.717, 1.165) is 14.5 Å². The van der Waals surface area contributed by atoms with Gasteiger partial charge in [0, 0.05) is 24.0 Å². The molecule has 5 heteroatoms. The van der Waals surface area contributed by atoms with Gasteiger partial charge in [-0.15, -0.1) is 0 Å². The molecule has 0 aliphatic carbocycles. The monoisotopic (exact) mass is 323 g/mol. The van der Waals surface area contributed by atoms with Gasteiger partial charge in [-0.2, -0.15) is 0 Å². The number of nitrogens with one attached hydrogen (secondary N) is 1. The van der Waals surface area contributed by atoms with Crippen LogP contribution in [0.1, 0.15) is 18.5 Å². The third kappa shape index (κ3) is 3.10. The van der Waals surface area contributed by atoms with Gasteiger partial charge in [0.25, 0.3) is 0 Å². The fourth-order valence-electron chi connectivity index (χ4n) is 1.51. The van der Waals surface area contributed by atoms with Gasteiger partial charge in [0.05, 0.1) is 4.47 Å². The third-order valence-electron chi connectivity index (χ3n) is 2.62. The molecule has 2 aromatic rings. The fraction of sp³-hybridized carbons (Fsp3) is 0.231. The molecule has 0 spiro atoms. The van der Waals surface area contributed by atoms with E-state index in [9.17, 15) is 0 Å². The molecule has 0 aliphatic rings. The first-order chi connectivity index (χ1) is 8.72. The average molecular weight is 324 g/mol. The summed E-state index contributed by atoms with van der Waals surface area (Å²) >= 11 is 5.08. The van der Waals surface area contributed by atoms with Gasteiger partial charge in [0.15, 0.2) is 0 Å². The number of nitrogens with zero attached hydrogens (tertiary/aromatic N) is 2. The molecule has 0 bridgehead atoms. The second-order valence-corrected chi connectivity index (χ2v) is 5.63. The molecule has 94 valence electrons. The summed E-state index contributed by atoms with van der Waals surface area (Å²) in [4.78, 5) is 8.80. The van der Waals surface area contributed by atoms with Crippen LogP contribution in [0.5, 0.6) is 0 Å². The molecule has 0 amide bonds. The van der Waals surface area contributed by atoms with Crippen LogP contribution >= 0.6 is 27.7 Å². The van der Waals surface area contributed by atoms with E-state index < -0.39 is 0 Å². The van der Waals surface area contributed by atoms with Crippen LogP contribution < -0.4 is 5.32 Å². The first kappa shape index (κ1) is 13.5. The molecule has 2 heterocycles. The van der Waals surface area contributed by atoms with E-state index in [1.54, 1.807) is 18.0 Å². The highest BCUT2D eigenvalue weighted by molar-refractivity contribution is 9.10. The number of pyridine rings is 2. The second kappa shape index (κ2) is 6.31. The van der Waals surface area contributed by atoms with Crippen molar-refractivity contribution >= 4 is 27.7 Å². The van der Waals surface area contributed by atoms with Gasteiger partial charge >= 0.3 is 0 Å². The molecule has 2 rings (SSSR count). The van der Waals surface area contributed by atoms with Crippen molar-refractivity contribution in [3.05, 3.63) is 46.7 Å². The Labute approximate surface area is 120 Å². The molecule has 0 saturated heterocycles. The predicted octanol–water partition coefficient (Wildman–Crippen LogP) is 3.67. The van der Waals surface area contributed by atoms with E-state index in [-0.39, 0.29) is 6.04 Å². The van der Waals surface area contributed by atoms with Crippen molar-refractivity contribution in [3.63, 3.8) is 0 Å². The Morgan fingerprint density at radius 2 is 1.83 bits per heavy atom. The molecular formula is C13H14BrN3S. The molecule has 1 N–H and O–H groups in total. The van der Waals surface area contributed by atoms with Gasteiger partial charge < -0.3 is 5.32 Å². The van der Waals surface area contributed by atoms with E-state index in [1.165, 1.54) is 5.56 Å². The summed E-state index contributed by atoms with van der Waals surface area (Å²) in [5.41, 5.74) is 1.18. The minimum absolute atomic E-state index is 0.267. The molecule has 0 aromatic carbocycles. The molecule has 3 nitrogen and oxygen atoms in total. The molecule has 18 heavy (non-hydrogen) atoms. The molecule has 0 aliphatic heterocycles. The fourth-order valence-corrected chi connectivity index (χ4v) is 2.95. The molecular weight excluding hydrogens is 310 g/mol. The van der Waals surface area contributed by atoms with E-state index in [4.69, 9.17) is 0 Å². The molecule has 0 fully saturated rings. The van der Waals surface area contributed by atoms with Crippen LogP contribution in [0.15, 0.2) is 51.2 Å². The summed E-state index contributed by atoms with van der Waals surface area (Å²) < 4.78 is 0.990. The standard InChI is InChI=1S/C13H14BrN3S/c1-9(15-2)10-5-3-7-16-12(10)18-13-11(14)6-4-8-17-13/h3-9,15H,1-2H3. The highest BCUT2D eigenvalue weighted by Gasteiger charge is 2.12. The van der Waals surface area contributed by atoms with Crippen LogP contribution in [0.25, 0.3) is 0 Å². The van der Waals surface area contributed by atoms with Gasteiger partial charge in [0.2, 0.25) is 0 Å². The maximum atomic E-state index is 4.45. The normalized spacial score (nSPS) is 12.4. The van der Waals surface area contributed by atoms with E-state index >= 15 is 0 Å². The van der Waals surface area contributed by atoms with Crippen LogP contribution in [-0.4, -0.2) is 17.0 Å². The van der Waals surface area contributed by atoms with Gasteiger partial charge in [-0.05, 0) is 59.9 Å². The molecule has 1 unspecified atom stereocenters. The Hall–Kier alpha value is -0.910. The number of hydrogen-bond acceptors (Lipinski definition) is 4. The average Bonchev–Trinajstić information content (AvgIpc) is 2.41. The Morgan fingerprint density at radius 1 is 1.17 bits per heavy atom. The summed E-state index contributed by atoms with van der Waals surface area (Å²) in [6.45, 7) is 2.12. The van der Waals surface area contributed by atoms with Crippen LogP contribution in [0.4, 0.5) is 0 Å². The molecule has 0 radical (unpaired) electrons. The first-order valence-electron chi connectivity index (χ1n) is 5.63. The Bertz CT molecular complexity index is 533. The SMILES string of the molecule is CNC(C)c1cccnc1Sc1ncccc1Br. The summed E-state index contributed by atoms with van der Waals surface area (Å²) in [7, 11) is 1.95. The third-order valence-corrected chi connectivity index (χ3v) is 4.57. The summed E-state index contributed by atoms with van der Waals surface area (Å²) in [5.74, 6) is 0. The smallest absolute Gasteiger partial charge is 0.116 e. The lowest BCUT2D eigenvalue weighted by Crippen LogP contribution is -2.13. The molecule has 0 saturated carbocycles. The van der Waals surface area contributed by atoms with Crippen molar-refractivity contribution in [3.8, 4) is 0 Å². The second-order valence-electron chi connectivity index (χ2n) is 3.80. The van der Waals surface area contributed by atoms with Crippen molar-refractivity contribution in [1.29, 1.82) is 0 Å². The number of aromatic nitrogens is 2. The van der Waals surface area contributed by atoms with Gasteiger partial charge in [-0.3, -0.25) is 0 Å². The van der Waals surface area contributed by atoms with Gasteiger partial charge in [0.1, 0.15) is 10.1 Å². The lowest BCUT2D eigenvalue weighted by Gasteiger charge is -2.14. The summed E-state index contributed by atoms with van der Waals surface area (Å²) in [5, 5.41) is 5.15. The maximum Gasteiger partial charge on any atom is 0.116 e. The summed E-state index contributed by atoms with van der Waals surface area (Å²) in [6.07, 6.45) is 3.60. The quantitative estimate of drug-likeness (QED) is 0.931. The Balaban J connectivity index is 2.32. The maximum absolute atomic E-state index is 4.45. The van der Waals surface area contributed by atoms with E-state index in [2.05, 4.69) is 44.2 Å². The molecule has 2 aromatic heterocycles. The van der Waals surface area contributed by atoms with Crippen molar-refractivity contribution in [2.75, 3.05) is 7.05 Å². The number of hydrogen-bond donors (Lipinski definition) is 1. The number of rotatable bonds is 4. The largest absolute Gasteiger partial charge is 0.313 e. The van der Waals surface area contributed by atoms with Crippen LogP contribution in [0.3, 0.4) is 0 Å². The van der Waals surface area contributed by atoms with Crippen LogP contribution in [0, 0.1) is 0 Å². The van der Waals surface area contributed by atoms with Gasteiger partial charge in [-0.1, -0.05) is 6.07 Å². The van der Waals surface area contributed by atoms with Gasteiger partial charge in [-0.25, -0.2) is 9.97 Å². The zero-order valence-electron chi connectivity index (χ0n) is 10.2. The zero-order valence-corrected chi connectivity index (χ0v) is 12.6. The lowest BCUT2D eigenvalue weighted by atomic mass is 10.1. The van der Waals surface area contributed by atoms with Crippen LogP contribution in [0.2, 0.25) is 0 Å².